The quantitative estimate of drug-likeness (QED) is 0.430. The van der Waals surface area contributed by atoms with E-state index in [9.17, 15) is 9.90 Å². The molecule has 0 saturated heterocycles. The fourth-order valence-electron chi connectivity index (χ4n) is 3.62. The summed E-state index contributed by atoms with van der Waals surface area (Å²) >= 11 is 0. The summed E-state index contributed by atoms with van der Waals surface area (Å²) in [4.78, 5) is 18.5. The van der Waals surface area contributed by atoms with Crippen LogP contribution in [0.5, 0.6) is 5.75 Å². The van der Waals surface area contributed by atoms with Crippen molar-refractivity contribution in [2.24, 2.45) is 5.73 Å². The van der Waals surface area contributed by atoms with E-state index in [1.165, 1.54) is 0 Å². The number of nitrogens with two attached hydrogens (primary N) is 1. The van der Waals surface area contributed by atoms with Gasteiger partial charge in [0.15, 0.2) is 5.65 Å². The van der Waals surface area contributed by atoms with Crippen molar-refractivity contribution in [2.75, 3.05) is 4.90 Å². The molecule has 0 aliphatic carbocycles. The molecule has 0 aliphatic rings. The van der Waals surface area contributed by atoms with E-state index in [1.54, 1.807) is 41.0 Å². The standard InChI is InChI=1S/C25H19N5O2/c26-24(32)18-6-4-5-17(15-18)22-16-27-29-14-13-23(28-25(22)29)30(19-7-2-1-3-8-19)20-9-11-21(31)12-10-20/h1-16,31H,(H2,26,32). The van der Waals surface area contributed by atoms with Gasteiger partial charge in [-0.2, -0.15) is 5.10 Å². The lowest BCUT2D eigenvalue weighted by atomic mass is 10.1. The van der Waals surface area contributed by atoms with E-state index in [0.29, 0.717) is 17.0 Å². The Balaban J connectivity index is 1.67. The Bertz CT molecular complexity index is 1410. The Kier molecular flexibility index (Phi) is 4.76. The summed E-state index contributed by atoms with van der Waals surface area (Å²) in [5.41, 5.74) is 9.88. The van der Waals surface area contributed by atoms with Gasteiger partial charge in [0.1, 0.15) is 11.6 Å². The van der Waals surface area contributed by atoms with Gasteiger partial charge in [0.05, 0.1) is 6.20 Å². The molecular weight excluding hydrogens is 402 g/mol. The van der Waals surface area contributed by atoms with E-state index in [4.69, 9.17) is 10.7 Å². The van der Waals surface area contributed by atoms with E-state index in [-0.39, 0.29) is 5.75 Å². The summed E-state index contributed by atoms with van der Waals surface area (Å²) in [5, 5.41) is 14.2. The Morgan fingerprint density at radius 1 is 0.906 bits per heavy atom. The van der Waals surface area contributed by atoms with Gasteiger partial charge in [-0.3, -0.25) is 9.69 Å². The van der Waals surface area contributed by atoms with Crippen LogP contribution < -0.4 is 10.6 Å². The molecule has 0 unspecified atom stereocenters. The summed E-state index contributed by atoms with van der Waals surface area (Å²) in [6.45, 7) is 0. The molecule has 5 aromatic rings. The monoisotopic (exact) mass is 421 g/mol. The Labute approximate surface area is 184 Å². The zero-order valence-electron chi connectivity index (χ0n) is 17.0. The lowest BCUT2D eigenvalue weighted by molar-refractivity contribution is 0.100. The smallest absolute Gasteiger partial charge is 0.248 e. The summed E-state index contributed by atoms with van der Waals surface area (Å²) < 4.78 is 1.69. The molecule has 32 heavy (non-hydrogen) atoms. The van der Waals surface area contributed by atoms with Gasteiger partial charge in [0, 0.05) is 28.7 Å². The average Bonchev–Trinajstić information content (AvgIpc) is 3.25. The molecule has 156 valence electrons. The molecule has 3 N–H and O–H groups in total. The van der Waals surface area contributed by atoms with Crippen molar-refractivity contribution in [3.8, 4) is 16.9 Å². The van der Waals surface area contributed by atoms with E-state index >= 15 is 0 Å². The van der Waals surface area contributed by atoms with Crippen molar-refractivity contribution < 1.29 is 9.90 Å². The van der Waals surface area contributed by atoms with Crippen LogP contribution in [0.3, 0.4) is 0 Å². The van der Waals surface area contributed by atoms with Gasteiger partial charge in [0.25, 0.3) is 0 Å². The highest BCUT2D eigenvalue weighted by Gasteiger charge is 2.17. The first-order chi connectivity index (χ1) is 15.6. The SMILES string of the molecule is NC(=O)c1cccc(-c2cnn3ccc(N(c4ccccc4)c4ccc(O)cc4)nc23)c1. The number of aromatic nitrogens is 3. The van der Waals surface area contributed by atoms with Crippen LogP contribution >= 0.6 is 0 Å². The molecule has 0 atom stereocenters. The van der Waals surface area contributed by atoms with Crippen molar-refractivity contribution in [1.29, 1.82) is 0 Å². The Hall–Kier alpha value is -4.65. The summed E-state index contributed by atoms with van der Waals surface area (Å²) in [5.74, 6) is 0.388. The number of nitrogens with zero attached hydrogens (tertiary/aromatic N) is 4. The minimum Gasteiger partial charge on any atom is -0.508 e. The third kappa shape index (κ3) is 3.52. The topological polar surface area (TPSA) is 96.8 Å². The fraction of sp³-hybridized carbons (Fsp3) is 0. The van der Waals surface area contributed by atoms with Gasteiger partial charge >= 0.3 is 0 Å². The van der Waals surface area contributed by atoms with Crippen LogP contribution in [0.4, 0.5) is 17.2 Å². The number of para-hydroxylation sites is 1. The fourth-order valence-corrected chi connectivity index (χ4v) is 3.62. The number of amides is 1. The van der Waals surface area contributed by atoms with Gasteiger partial charge in [-0.15, -0.1) is 0 Å². The van der Waals surface area contributed by atoms with Gasteiger partial charge < -0.3 is 10.8 Å². The minimum absolute atomic E-state index is 0.192. The summed E-state index contributed by atoms with van der Waals surface area (Å²) in [7, 11) is 0. The van der Waals surface area contributed by atoms with Gasteiger partial charge in [0.2, 0.25) is 5.91 Å². The van der Waals surface area contributed by atoms with Gasteiger partial charge in [-0.05, 0) is 60.2 Å². The molecule has 3 aromatic carbocycles. The largest absolute Gasteiger partial charge is 0.508 e. The maximum atomic E-state index is 11.6. The second-order valence-electron chi connectivity index (χ2n) is 7.24. The number of hydrogen-bond acceptors (Lipinski definition) is 5. The van der Waals surface area contributed by atoms with Crippen LogP contribution in [-0.4, -0.2) is 25.6 Å². The highest BCUT2D eigenvalue weighted by atomic mass is 16.3. The number of primary amides is 1. The number of aromatic hydroxyl groups is 1. The van der Waals surface area contributed by atoms with Crippen LogP contribution in [0.2, 0.25) is 0 Å². The van der Waals surface area contributed by atoms with Crippen molar-refractivity contribution >= 4 is 28.7 Å². The lowest BCUT2D eigenvalue weighted by Gasteiger charge is -2.24. The Morgan fingerprint density at radius 2 is 1.66 bits per heavy atom. The highest BCUT2D eigenvalue weighted by molar-refractivity contribution is 5.94. The first kappa shape index (κ1) is 19.3. The number of rotatable bonds is 5. The van der Waals surface area contributed by atoms with Crippen LogP contribution in [0.15, 0.2) is 97.3 Å². The number of anilines is 3. The van der Waals surface area contributed by atoms with Crippen LogP contribution in [0, 0.1) is 0 Å². The van der Waals surface area contributed by atoms with Crippen molar-refractivity contribution in [3.63, 3.8) is 0 Å². The predicted octanol–water partition coefficient (Wildman–Crippen LogP) is 4.67. The minimum atomic E-state index is -0.487. The third-order valence-corrected chi connectivity index (χ3v) is 5.16. The van der Waals surface area contributed by atoms with Gasteiger partial charge in [-0.25, -0.2) is 9.50 Å². The molecule has 0 radical (unpaired) electrons. The first-order valence-electron chi connectivity index (χ1n) is 9.99. The molecule has 7 heteroatoms. The summed E-state index contributed by atoms with van der Waals surface area (Å²) in [6.07, 6.45) is 3.56. The molecule has 0 fully saturated rings. The molecule has 0 aliphatic heterocycles. The molecule has 0 saturated carbocycles. The molecule has 0 bridgehead atoms. The van der Waals surface area contributed by atoms with Crippen molar-refractivity contribution in [1.82, 2.24) is 14.6 Å². The maximum absolute atomic E-state index is 11.6. The lowest BCUT2D eigenvalue weighted by Crippen LogP contribution is -2.12. The Morgan fingerprint density at radius 3 is 2.41 bits per heavy atom. The number of carbonyl (C=O) groups excluding carboxylic acids is 1. The van der Waals surface area contributed by atoms with E-state index in [2.05, 4.69) is 5.10 Å². The van der Waals surface area contributed by atoms with Crippen LogP contribution in [0.1, 0.15) is 10.4 Å². The second kappa shape index (κ2) is 7.88. The number of phenols is 1. The van der Waals surface area contributed by atoms with Crippen LogP contribution in [-0.2, 0) is 0 Å². The van der Waals surface area contributed by atoms with Crippen molar-refractivity contribution in [2.45, 2.75) is 0 Å². The summed E-state index contributed by atoms with van der Waals surface area (Å²) in [6, 6.07) is 25.8. The molecule has 2 heterocycles. The number of phenolic OH excluding ortho intramolecular Hbond substituents is 1. The normalized spacial score (nSPS) is 10.9. The maximum Gasteiger partial charge on any atom is 0.248 e. The zero-order chi connectivity index (χ0) is 22.1. The predicted molar refractivity (Wildman–Crippen MR) is 123 cm³/mol. The van der Waals surface area contributed by atoms with E-state index in [1.807, 2.05) is 65.7 Å². The molecule has 7 nitrogen and oxygen atoms in total. The number of hydrogen-bond donors (Lipinski definition) is 2. The van der Waals surface area contributed by atoms with Crippen LogP contribution in [0.25, 0.3) is 16.8 Å². The average molecular weight is 421 g/mol. The van der Waals surface area contributed by atoms with E-state index < -0.39 is 5.91 Å². The molecule has 5 rings (SSSR count). The first-order valence-corrected chi connectivity index (χ1v) is 9.99. The highest BCUT2D eigenvalue weighted by Crippen LogP contribution is 2.35. The number of fused-ring (bicyclic) bond motifs is 1. The third-order valence-electron chi connectivity index (χ3n) is 5.16. The molecule has 0 spiro atoms. The van der Waals surface area contributed by atoms with E-state index in [0.717, 1.165) is 22.5 Å². The molecule has 1 amide bonds. The number of benzene rings is 3. The van der Waals surface area contributed by atoms with Gasteiger partial charge in [-0.1, -0.05) is 30.3 Å². The van der Waals surface area contributed by atoms with Crippen molar-refractivity contribution in [3.05, 3.63) is 103 Å². The molecule has 2 aromatic heterocycles. The molecular formula is C25H19N5O2. The zero-order valence-corrected chi connectivity index (χ0v) is 17.0. The second-order valence-corrected chi connectivity index (χ2v) is 7.24. The number of carbonyl (C=O) groups is 1.